The van der Waals surface area contributed by atoms with Gasteiger partial charge in [0.2, 0.25) is 5.78 Å². The highest BCUT2D eigenvalue weighted by Crippen LogP contribution is 2.37. The molecule has 0 aromatic carbocycles. The van der Waals surface area contributed by atoms with Gasteiger partial charge in [-0.2, -0.15) is 0 Å². The normalized spacial score (nSPS) is 17.9. The Labute approximate surface area is 102 Å². The minimum absolute atomic E-state index is 0.0891. The molecule has 2 N–H and O–H groups in total. The molecule has 1 aliphatic carbocycles. The minimum atomic E-state index is 0.0891. The maximum absolute atomic E-state index is 6.10. The molecule has 2 aromatic rings. The molecule has 1 saturated carbocycles. The van der Waals surface area contributed by atoms with Crippen molar-refractivity contribution < 1.29 is 0 Å². The van der Waals surface area contributed by atoms with Crippen LogP contribution in [0.15, 0.2) is 23.1 Å². The van der Waals surface area contributed by atoms with E-state index in [1.54, 1.807) is 6.20 Å². The molecule has 2 aromatic heterocycles. The monoisotopic (exact) mass is 280 g/mol. The molecule has 0 saturated heterocycles. The van der Waals surface area contributed by atoms with Crippen molar-refractivity contribution in [1.29, 1.82) is 0 Å². The first-order valence-electron chi connectivity index (χ1n) is 5.44. The van der Waals surface area contributed by atoms with E-state index in [2.05, 4.69) is 25.9 Å². The fraction of sp³-hybridized carbons (Fsp3) is 0.455. The molecule has 3 rings (SSSR count). The third-order valence-electron chi connectivity index (χ3n) is 3.21. The molecule has 0 spiro atoms. The van der Waals surface area contributed by atoms with E-state index < -0.39 is 0 Å². The summed E-state index contributed by atoms with van der Waals surface area (Å²) in [6.45, 7) is 0. The summed E-state index contributed by atoms with van der Waals surface area (Å²) >= 11 is 3.48. The SMILES string of the molecule is NC1(CCc2c(Br)nc3ncccn23)CC1. The van der Waals surface area contributed by atoms with Gasteiger partial charge in [-0.1, -0.05) is 0 Å². The lowest BCUT2D eigenvalue weighted by atomic mass is 10.1. The molecule has 84 valence electrons. The highest BCUT2D eigenvalue weighted by Gasteiger charge is 2.37. The van der Waals surface area contributed by atoms with Crippen molar-refractivity contribution in [2.75, 3.05) is 0 Å². The molecule has 0 bridgehead atoms. The van der Waals surface area contributed by atoms with Crippen LogP contribution in [-0.4, -0.2) is 19.9 Å². The van der Waals surface area contributed by atoms with Crippen LogP contribution in [0.4, 0.5) is 0 Å². The summed E-state index contributed by atoms with van der Waals surface area (Å²) in [6, 6.07) is 1.92. The predicted molar refractivity (Wildman–Crippen MR) is 65.2 cm³/mol. The Balaban J connectivity index is 1.92. The lowest BCUT2D eigenvalue weighted by molar-refractivity contribution is 0.600. The quantitative estimate of drug-likeness (QED) is 0.935. The molecule has 0 radical (unpaired) electrons. The Morgan fingerprint density at radius 3 is 3.06 bits per heavy atom. The van der Waals surface area contributed by atoms with Crippen molar-refractivity contribution in [2.45, 2.75) is 31.2 Å². The molecular formula is C11H13BrN4. The molecule has 0 aliphatic heterocycles. The van der Waals surface area contributed by atoms with Gasteiger partial charge in [0.1, 0.15) is 4.60 Å². The third-order valence-corrected chi connectivity index (χ3v) is 3.84. The van der Waals surface area contributed by atoms with Gasteiger partial charge in [-0.25, -0.2) is 9.97 Å². The van der Waals surface area contributed by atoms with Crippen LogP contribution >= 0.6 is 15.9 Å². The number of hydrogen-bond acceptors (Lipinski definition) is 3. The molecule has 16 heavy (non-hydrogen) atoms. The van der Waals surface area contributed by atoms with E-state index in [1.165, 1.54) is 5.69 Å². The molecule has 0 atom stereocenters. The second kappa shape index (κ2) is 3.53. The highest BCUT2D eigenvalue weighted by molar-refractivity contribution is 9.10. The number of fused-ring (bicyclic) bond motifs is 1. The maximum atomic E-state index is 6.10. The Morgan fingerprint density at radius 2 is 2.31 bits per heavy atom. The van der Waals surface area contributed by atoms with Crippen LogP contribution in [0.2, 0.25) is 0 Å². The topological polar surface area (TPSA) is 56.2 Å². The molecule has 0 amide bonds. The van der Waals surface area contributed by atoms with Crippen LogP contribution in [0.1, 0.15) is 25.0 Å². The summed E-state index contributed by atoms with van der Waals surface area (Å²) in [6.07, 6.45) is 8.02. The summed E-state index contributed by atoms with van der Waals surface area (Å²) in [4.78, 5) is 8.58. The van der Waals surface area contributed by atoms with E-state index >= 15 is 0 Å². The van der Waals surface area contributed by atoms with Gasteiger partial charge in [0, 0.05) is 17.9 Å². The molecule has 0 unspecified atom stereocenters. The standard InChI is InChI=1S/C11H13BrN4/c12-9-8(2-3-11(13)4-5-11)16-7-1-6-14-10(16)15-9/h1,6-7H,2-5,13H2. The van der Waals surface area contributed by atoms with Crippen molar-refractivity contribution in [3.63, 3.8) is 0 Å². The van der Waals surface area contributed by atoms with Gasteiger partial charge >= 0.3 is 0 Å². The third kappa shape index (κ3) is 1.74. The van der Waals surface area contributed by atoms with E-state index in [4.69, 9.17) is 5.73 Å². The lowest BCUT2D eigenvalue weighted by Crippen LogP contribution is -2.22. The molecule has 5 heteroatoms. The summed E-state index contributed by atoms with van der Waals surface area (Å²) < 4.78 is 2.91. The van der Waals surface area contributed by atoms with Crippen molar-refractivity contribution >= 4 is 21.7 Å². The largest absolute Gasteiger partial charge is 0.325 e. The van der Waals surface area contributed by atoms with Crippen LogP contribution in [0.3, 0.4) is 0 Å². The zero-order chi connectivity index (χ0) is 11.2. The van der Waals surface area contributed by atoms with Crippen LogP contribution in [0.5, 0.6) is 0 Å². The van der Waals surface area contributed by atoms with Crippen LogP contribution in [0, 0.1) is 0 Å². The van der Waals surface area contributed by atoms with Gasteiger partial charge in [0.15, 0.2) is 0 Å². The first-order valence-corrected chi connectivity index (χ1v) is 6.24. The van der Waals surface area contributed by atoms with Crippen LogP contribution in [0.25, 0.3) is 5.78 Å². The van der Waals surface area contributed by atoms with Gasteiger partial charge in [-0.3, -0.25) is 4.40 Å². The average Bonchev–Trinajstić information content (AvgIpc) is 2.91. The smallest absolute Gasteiger partial charge is 0.235 e. The van der Waals surface area contributed by atoms with Crippen molar-refractivity contribution in [1.82, 2.24) is 14.4 Å². The van der Waals surface area contributed by atoms with Gasteiger partial charge in [0.05, 0.1) is 5.69 Å². The zero-order valence-corrected chi connectivity index (χ0v) is 10.4. The first kappa shape index (κ1) is 10.2. The fourth-order valence-electron chi connectivity index (χ4n) is 1.91. The predicted octanol–water partition coefficient (Wildman–Crippen LogP) is 1.92. The zero-order valence-electron chi connectivity index (χ0n) is 8.86. The fourth-order valence-corrected chi connectivity index (χ4v) is 2.46. The number of nitrogens with zero attached hydrogens (tertiary/aromatic N) is 3. The first-order chi connectivity index (χ1) is 7.68. The van der Waals surface area contributed by atoms with E-state index in [-0.39, 0.29) is 5.54 Å². The molecular weight excluding hydrogens is 268 g/mol. The molecule has 2 heterocycles. The minimum Gasteiger partial charge on any atom is -0.325 e. The van der Waals surface area contributed by atoms with E-state index in [9.17, 15) is 0 Å². The Morgan fingerprint density at radius 1 is 1.50 bits per heavy atom. The van der Waals surface area contributed by atoms with E-state index in [1.807, 2.05) is 16.7 Å². The second-order valence-corrected chi connectivity index (χ2v) is 5.25. The van der Waals surface area contributed by atoms with Gasteiger partial charge < -0.3 is 5.73 Å². The number of hydrogen-bond donors (Lipinski definition) is 1. The van der Waals surface area contributed by atoms with Gasteiger partial charge in [-0.05, 0) is 47.7 Å². The summed E-state index contributed by atoms with van der Waals surface area (Å²) in [5.74, 6) is 0.742. The molecule has 1 aliphatic rings. The van der Waals surface area contributed by atoms with Crippen molar-refractivity contribution in [2.24, 2.45) is 5.73 Å². The van der Waals surface area contributed by atoms with Crippen LogP contribution in [-0.2, 0) is 6.42 Å². The number of nitrogens with two attached hydrogens (primary N) is 1. The molecule has 4 nitrogen and oxygen atoms in total. The lowest BCUT2D eigenvalue weighted by Gasteiger charge is -2.07. The average molecular weight is 281 g/mol. The number of imidazole rings is 1. The Hall–Kier alpha value is -0.940. The Kier molecular flexibility index (Phi) is 2.26. The molecule has 1 fully saturated rings. The number of aromatic nitrogens is 3. The summed E-state index contributed by atoms with van der Waals surface area (Å²) in [5, 5.41) is 0. The number of aryl methyl sites for hydroxylation is 1. The van der Waals surface area contributed by atoms with E-state index in [0.717, 1.165) is 36.1 Å². The van der Waals surface area contributed by atoms with Crippen molar-refractivity contribution in [3.05, 3.63) is 28.8 Å². The number of rotatable bonds is 3. The Bertz CT molecular complexity index is 530. The number of halogens is 1. The van der Waals surface area contributed by atoms with Gasteiger partial charge in [0.25, 0.3) is 0 Å². The van der Waals surface area contributed by atoms with Gasteiger partial charge in [-0.15, -0.1) is 0 Å². The van der Waals surface area contributed by atoms with Crippen molar-refractivity contribution in [3.8, 4) is 0 Å². The summed E-state index contributed by atoms with van der Waals surface area (Å²) in [5.41, 5.74) is 7.35. The summed E-state index contributed by atoms with van der Waals surface area (Å²) in [7, 11) is 0. The maximum Gasteiger partial charge on any atom is 0.235 e. The van der Waals surface area contributed by atoms with Crippen LogP contribution < -0.4 is 5.73 Å². The van der Waals surface area contributed by atoms with E-state index in [0.29, 0.717) is 0 Å². The second-order valence-electron chi connectivity index (χ2n) is 4.50. The highest BCUT2D eigenvalue weighted by atomic mass is 79.9.